The number of aromatic nitrogens is 3. The minimum atomic E-state index is -0.0727. The monoisotopic (exact) mass is 481 g/mol. The summed E-state index contributed by atoms with van der Waals surface area (Å²) < 4.78 is 2.71. The van der Waals surface area contributed by atoms with Crippen LogP contribution in [-0.2, 0) is 17.9 Å². The molecule has 0 spiro atoms. The average molecular weight is 482 g/mol. The van der Waals surface area contributed by atoms with Crippen molar-refractivity contribution in [2.24, 2.45) is 5.92 Å². The van der Waals surface area contributed by atoms with Gasteiger partial charge in [-0.25, -0.2) is 9.67 Å². The van der Waals surface area contributed by atoms with Crippen molar-refractivity contribution < 1.29 is 9.59 Å². The van der Waals surface area contributed by atoms with E-state index in [1.165, 1.54) is 6.33 Å². The van der Waals surface area contributed by atoms with Gasteiger partial charge in [-0.05, 0) is 48.2 Å². The predicted molar refractivity (Wildman–Crippen MR) is 120 cm³/mol. The van der Waals surface area contributed by atoms with E-state index < -0.39 is 0 Å². The van der Waals surface area contributed by atoms with Crippen LogP contribution in [0.5, 0.6) is 0 Å². The van der Waals surface area contributed by atoms with E-state index >= 15 is 0 Å². The molecule has 1 aliphatic rings. The van der Waals surface area contributed by atoms with Gasteiger partial charge in [-0.3, -0.25) is 9.59 Å². The van der Waals surface area contributed by atoms with E-state index in [0.29, 0.717) is 44.6 Å². The predicted octanol–water partition coefficient (Wildman–Crippen LogP) is 3.26. The second kappa shape index (κ2) is 9.87. The van der Waals surface area contributed by atoms with Crippen molar-refractivity contribution in [1.29, 1.82) is 0 Å². The number of hydrogen-bond donors (Lipinski definition) is 1. The number of nitrogens with zero attached hydrogens (tertiary/aromatic N) is 4. The Morgan fingerprint density at radius 1 is 1.03 bits per heavy atom. The Morgan fingerprint density at radius 2 is 1.74 bits per heavy atom. The van der Waals surface area contributed by atoms with Gasteiger partial charge in [-0.1, -0.05) is 40.2 Å². The SMILES string of the molecule is O=C(NCc1ccccc1Cn1cncn1)C1CCN(C(=O)c2ccc(Br)cc2)CC1. The van der Waals surface area contributed by atoms with Crippen LogP contribution in [0.4, 0.5) is 0 Å². The molecular weight excluding hydrogens is 458 g/mol. The Morgan fingerprint density at radius 3 is 2.42 bits per heavy atom. The van der Waals surface area contributed by atoms with E-state index in [0.717, 1.165) is 15.6 Å². The largest absolute Gasteiger partial charge is 0.352 e. The maximum absolute atomic E-state index is 12.7. The third-order valence-corrected chi connectivity index (χ3v) is 6.14. The lowest BCUT2D eigenvalue weighted by atomic mass is 9.95. The quantitative estimate of drug-likeness (QED) is 0.585. The molecule has 2 aromatic carbocycles. The lowest BCUT2D eigenvalue weighted by molar-refractivity contribution is -0.126. The summed E-state index contributed by atoms with van der Waals surface area (Å²) in [4.78, 5) is 31.2. The fraction of sp³-hybridized carbons (Fsp3) is 0.304. The molecule has 160 valence electrons. The van der Waals surface area contributed by atoms with Crippen molar-refractivity contribution in [2.75, 3.05) is 13.1 Å². The van der Waals surface area contributed by atoms with E-state index in [2.05, 4.69) is 31.3 Å². The first kappa shape index (κ1) is 21.2. The molecule has 1 aromatic heterocycles. The third kappa shape index (κ3) is 5.38. The molecular formula is C23H24BrN5O2. The van der Waals surface area contributed by atoms with Crippen LogP contribution in [0.15, 0.2) is 65.7 Å². The van der Waals surface area contributed by atoms with Gasteiger partial charge in [-0.2, -0.15) is 5.10 Å². The Kier molecular flexibility index (Phi) is 6.76. The summed E-state index contributed by atoms with van der Waals surface area (Å²) in [6.45, 7) is 2.27. The van der Waals surface area contributed by atoms with Crippen molar-refractivity contribution in [3.8, 4) is 0 Å². The zero-order valence-corrected chi connectivity index (χ0v) is 18.7. The van der Waals surface area contributed by atoms with Crippen LogP contribution in [-0.4, -0.2) is 44.6 Å². The Balaban J connectivity index is 1.29. The maximum Gasteiger partial charge on any atom is 0.253 e. The zero-order chi connectivity index (χ0) is 21.6. The van der Waals surface area contributed by atoms with Gasteiger partial charge >= 0.3 is 0 Å². The van der Waals surface area contributed by atoms with Gasteiger partial charge < -0.3 is 10.2 Å². The number of carbonyl (C=O) groups excluding carboxylic acids is 2. The number of halogens is 1. The van der Waals surface area contributed by atoms with Crippen molar-refractivity contribution in [3.05, 3.63) is 82.3 Å². The maximum atomic E-state index is 12.7. The average Bonchev–Trinajstić information content (AvgIpc) is 3.31. The Bertz CT molecular complexity index is 1030. The zero-order valence-electron chi connectivity index (χ0n) is 17.1. The molecule has 0 saturated carbocycles. The van der Waals surface area contributed by atoms with E-state index in [4.69, 9.17) is 0 Å². The van der Waals surface area contributed by atoms with Crippen molar-refractivity contribution in [1.82, 2.24) is 25.0 Å². The normalized spacial score (nSPS) is 14.4. The second-order valence-corrected chi connectivity index (χ2v) is 8.57. The van der Waals surface area contributed by atoms with Crippen LogP contribution in [0.1, 0.15) is 34.3 Å². The fourth-order valence-electron chi connectivity index (χ4n) is 3.82. The summed E-state index contributed by atoms with van der Waals surface area (Å²) in [5.41, 5.74) is 2.84. The van der Waals surface area contributed by atoms with Crippen LogP contribution in [0.2, 0.25) is 0 Å². The van der Waals surface area contributed by atoms with Gasteiger partial charge in [0, 0.05) is 35.6 Å². The molecule has 2 heterocycles. The lowest BCUT2D eigenvalue weighted by Crippen LogP contribution is -2.43. The summed E-state index contributed by atoms with van der Waals surface area (Å²) in [6.07, 6.45) is 4.54. The standard InChI is InChI=1S/C23H24BrN5O2/c24-21-7-5-18(6-8-21)23(31)28-11-9-17(10-12-28)22(30)26-13-19-3-1-2-4-20(19)14-29-16-25-15-27-29/h1-8,15-17H,9-14H2,(H,26,30). The van der Waals surface area contributed by atoms with Crippen LogP contribution >= 0.6 is 15.9 Å². The minimum Gasteiger partial charge on any atom is -0.352 e. The molecule has 0 atom stereocenters. The molecule has 0 bridgehead atoms. The van der Waals surface area contributed by atoms with Crippen LogP contribution < -0.4 is 5.32 Å². The highest BCUT2D eigenvalue weighted by molar-refractivity contribution is 9.10. The molecule has 1 fully saturated rings. The first-order valence-corrected chi connectivity index (χ1v) is 11.1. The summed E-state index contributed by atoms with van der Waals surface area (Å²) >= 11 is 3.39. The molecule has 0 aliphatic carbocycles. The molecule has 2 amide bonds. The minimum absolute atomic E-state index is 0.0217. The van der Waals surface area contributed by atoms with Gasteiger partial charge in [0.2, 0.25) is 5.91 Å². The van der Waals surface area contributed by atoms with Crippen molar-refractivity contribution in [2.45, 2.75) is 25.9 Å². The topological polar surface area (TPSA) is 80.1 Å². The first-order valence-electron chi connectivity index (χ1n) is 10.3. The van der Waals surface area contributed by atoms with Crippen LogP contribution in [0.3, 0.4) is 0 Å². The molecule has 4 rings (SSSR count). The number of likely N-dealkylation sites (tertiary alicyclic amines) is 1. The number of benzene rings is 2. The van der Waals surface area contributed by atoms with Crippen LogP contribution in [0.25, 0.3) is 0 Å². The molecule has 0 unspecified atom stereocenters. The first-order chi connectivity index (χ1) is 15.1. The van der Waals surface area contributed by atoms with Crippen molar-refractivity contribution >= 4 is 27.7 Å². The highest BCUT2D eigenvalue weighted by Gasteiger charge is 2.27. The fourth-order valence-corrected chi connectivity index (χ4v) is 4.08. The van der Waals surface area contributed by atoms with Gasteiger partial charge in [0.1, 0.15) is 12.7 Å². The number of piperidine rings is 1. The summed E-state index contributed by atoms with van der Waals surface area (Å²) in [7, 11) is 0. The number of rotatable bonds is 6. The third-order valence-electron chi connectivity index (χ3n) is 5.61. The smallest absolute Gasteiger partial charge is 0.253 e. The summed E-state index contributed by atoms with van der Waals surface area (Å²) in [5, 5.41) is 7.23. The van der Waals surface area contributed by atoms with E-state index in [9.17, 15) is 9.59 Å². The lowest BCUT2D eigenvalue weighted by Gasteiger charge is -2.31. The molecule has 8 heteroatoms. The van der Waals surface area contributed by atoms with Crippen LogP contribution in [0, 0.1) is 5.92 Å². The summed E-state index contributed by atoms with van der Waals surface area (Å²) in [6, 6.07) is 15.4. The van der Waals surface area contributed by atoms with Gasteiger partial charge in [0.05, 0.1) is 6.54 Å². The highest BCUT2D eigenvalue weighted by Crippen LogP contribution is 2.21. The Labute approximate surface area is 189 Å². The van der Waals surface area contributed by atoms with Crippen molar-refractivity contribution in [3.63, 3.8) is 0 Å². The van der Waals surface area contributed by atoms with E-state index in [1.54, 1.807) is 11.0 Å². The molecule has 31 heavy (non-hydrogen) atoms. The van der Waals surface area contributed by atoms with E-state index in [1.807, 2.05) is 53.4 Å². The van der Waals surface area contributed by atoms with E-state index in [-0.39, 0.29) is 17.7 Å². The van der Waals surface area contributed by atoms with Gasteiger partial charge in [0.25, 0.3) is 5.91 Å². The number of hydrogen-bond acceptors (Lipinski definition) is 4. The van der Waals surface area contributed by atoms with Gasteiger partial charge in [0.15, 0.2) is 0 Å². The number of amides is 2. The molecule has 3 aromatic rings. The number of nitrogens with one attached hydrogen (secondary N) is 1. The molecule has 1 saturated heterocycles. The molecule has 1 aliphatic heterocycles. The molecule has 0 radical (unpaired) electrons. The molecule has 7 nitrogen and oxygen atoms in total. The summed E-state index contributed by atoms with van der Waals surface area (Å²) in [5.74, 6) is -0.00357. The Hall–Kier alpha value is -3.00. The van der Waals surface area contributed by atoms with Gasteiger partial charge in [-0.15, -0.1) is 0 Å². The number of carbonyl (C=O) groups is 2. The molecule has 1 N–H and O–H groups in total. The second-order valence-electron chi connectivity index (χ2n) is 7.65. The highest BCUT2D eigenvalue weighted by atomic mass is 79.9.